The van der Waals surface area contributed by atoms with Gasteiger partial charge in [-0.2, -0.15) is 0 Å². The van der Waals surface area contributed by atoms with Gasteiger partial charge in [-0.1, -0.05) is 91.0 Å². The van der Waals surface area contributed by atoms with Crippen molar-refractivity contribution in [2.75, 3.05) is 4.90 Å². The predicted molar refractivity (Wildman–Crippen MR) is 212 cm³/mol. The Bertz CT molecular complexity index is 1860. The fourth-order valence-electron chi connectivity index (χ4n) is 13.6. The summed E-state index contributed by atoms with van der Waals surface area (Å²) < 4.78 is 0. The molecule has 0 aromatic heterocycles. The lowest BCUT2D eigenvalue weighted by molar-refractivity contribution is -0.00529. The molecule has 8 saturated carbocycles. The van der Waals surface area contributed by atoms with Gasteiger partial charge in [0.05, 0.1) is 0 Å². The zero-order chi connectivity index (χ0) is 33.6. The third-order valence-corrected chi connectivity index (χ3v) is 15.0. The van der Waals surface area contributed by atoms with Crippen molar-refractivity contribution in [1.29, 1.82) is 0 Å². The second-order valence-electron chi connectivity index (χ2n) is 18.3. The van der Waals surface area contributed by atoms with Gasteiger partial charge in [-0.15, -0.1) is 0 Å². The van der Waals surface area contributed by atoms with E-state index in [1.165, 1.54) is 116 Å². The molecule has 0 atom stereocenters. The van der Waals surface area contributed by atoms with Crippen molar-refractivity contribution in [3.8, 4) is 22.3 Å². The first-order valence-electron chi connectivity index (χ1n) is 20.3. The topological polar surface area (TPSA) is 3.24 Å². The Morgan fingerprint density at radius 2 is 0.588 bits per heavy atom. The van der Waals surface area contributed by atoms with Crippen LogP contribution in [0.3, 0.4) is 0 Å². The smallest absolute Gasteiger partial charge is 0.0462 e. The summed E-state index contributed by atoms with van der Waals surface area (Å²) >= 11 is 0. The highest BCUT2D eigenvalue weighted by molar-refractivity contribution is 5.79. The van der Waals surface area contributed by atoms with Gasteiger partial charge in [-0.05, 0) is 193 Å². The predicted octanol–water partition coefficient (Wildman–Crippen LogP) is 13.4. The highest BCUT2D eigenvalue weighted by Gasteiger charge is 2.52. The summed E-state index contributed by atoms with van der Waals surface area (Å²) in [5.41, 5.74) is 12.9. The maximum atomic E-state index is 2.52. The van der Waals surface area contributed by atoms with E-state index in [0.29, 0.717) is 10.8 Å². The number of benzene rings is 5. The molecule has 0 unspecified atom stereocenters. The van der Waals surface area contributed by atoms with Crippen LogP contribution in [0.2, 0.25) is 0 Å². The second kappa shape index (κ2) is 11.7. The van der Waals surface area contributed by atoms with Gasteiger partial charge in [0.1, 0.15) is 0 Å². The van der Waals surface area contributed by atoms with E-state index in [1.807, 2.05) is 0 Å². The molecule has 13 rings (SSSR count). The fourth-order valence-corrected chi connectivity index (χ4v) is 13.6. The van der Waals surface area contributed by atoms with E-state index < -0.39 is 0 Å². The zero-order valence-corrected chi connectivity index (χ0v) is 30.0. The summed E-state index contributed by atoms with van der Waals surface area (Å²) in [5.74, 6) is 5.79. The van der Waals surface area contributed by atoms with Crippen LogP contribution < -0.4 is 4.90 Å². The minimum absolute atomic E-state index is 0.426. The minimum Gasteiger partial charge on any atom is -0.311 e. The van der Waals surface area contributed by atoms with Crippen LogP contribution in [0.5, 0.6) is 0 Å². The number of rotatable bonds is 7. The number of anilines is 3. The molecule has 8 bridgehead atoms. The maximum Gasteiger partial charge on any atom is 0.0462 e. The number of hydrogen-bond acceptors (Lipinski definition) is 1. The molecule has 0 amide bonds. The minimum atomic E-state index is 0.426. The average molecular weight is 666 g/mol. The third kappa shape index (κ3) is 5.24. The lowest BCUT2D eigenvalue weighted by Crippen LogP contribution is -2.48. The summed E-state index contributed by atoms with van der Waals surface area (Å²) in [6.07, 6.45) is 17.5. The van der Waals surface area contributed by atoms with Crippen molar-refractivity contribution in [1.82, 2.24) is 0 Å². The lowest BCUT2D eigenvalue weighted by atomic mass is 9.48. The first kappa shape index (κ1) is 30.5. The molecule has 1 heteroatoms. The molecule has 8 fully saturated rings. The molecule has 0 heterocycles. The van der Waals surface area contributed by atoms with Gasteiger partial charge in [0.2, 0.25) is 0 Å². The van der Waals surface area contributed by atoms with Crippen LogP contribution in [0.15, 0.2) is 127 Å². The Labute approximate surface area is 305 Å². The molecule has 0 spiro atoms. The van der Waals surface area contributed by atoms with Crippen molar-refractivity contribution in [3.63, 3.8) is 0 Å². The SMILES string of the molecule is c1ccc(-c2ccc(-c3ccc(N(c4ccc(C56CC7CC(CC(C7)C5)C6)cc4)c4ccc(C56CC7CC(CC(C7)C5)C6)cc4)cc3)cc2)cc1. The first-order chi connectivity index (χ1) is 25.1. The van der Waals surface area contributed by atoms with Gasteiger partial charge in [0.15, 0.2) is 0 Å². The van der Waals surface area contributed by atoms with E-state index in [0.717, 1.165) is 35.5 Å². The van der Waals surface area contributed by atoms with Crippen molar-refractivity contribution in [3.05, 3.63) is 139 Å². The Morgan fingerprint density at radius 1 is 0.314 bits per heavy atom. The summed E-state index contributed by atoms with van der Waals surface area (Å²) in [4.78, 5) is 2.51. The van der Waals surface area contributed by atoms with E-state index in [9.17, 15) is 0 Å². The Balaban J connectivity index is 0.924. The molecule has 8 aliphatic rings. The standard InChI is InChI=1S/C50H51N/c1-2-4-40(5-3-1)41-6-8-42(9-7-41)43-10-16-46(17-11-43)51(47-18-12-44(13-19-47)49-28-34-22-35(29-49)24-36(23-34)30-49)48-20-14-45(15-21-48)50-31-37-25-38(32-50)27-39(26-37)33-50/h1-21,34-39H,22-33H2. The molecule has 0 N–H and O–H groups in total. The molecule has 0 aliphatic heterocycles. The zero-order valence-electron chi connectivity index (χ0n) is 30.0. The van der Waals surface area contributed by atoms with Crippen molar-refractivity contribution < 1.29 is 0 Å². The van der Waals surface area contributed by atoms with E-state index in [1.54, 1.807) is 11.1 Å². The highest BCUT2D eigenvalue weighted by atomic mass is 15.1. The van der Waals surface area contributed by atoms with Crippen molar-refractivity contribution in [2.24, 2.45) is 35.5 Å². The molecule has 51 heavy (non-hydrogen) atoms. The fraction of sp³-hybridized carbons (Fsp3) is 0.400. The summed E-state index contributed by atoms with van der Waals surface area (Å²) in [6, 6.07) is 48.8. The summed E-state index contributed by atoms with van der Waals surface area (Å²) in [7, 11) is 0. The van der Waals surface area contributed by atoms with Gasteiger partial charge >= 0.3 is 0 Å². The number of hydrogen-bond donors (Lipinski definition) is 0. The summed E-state index contributed by atoms with van der Waals surface area (Å²) in [5, 5.41) is 0. The van der Waals surface area contributed by atoms with Gasteiger partial charge in [-0.25, -0.2) is 0 Å². The normalized spacial score (nSPS) is 32.7. The van der Waals surface area contributed by atoms with Crippen LogP contribution in [0.1, 0.15) is 88.2 Å². The Hall–Kier alpha value is -4.10. The molecule has 0 radical (unpaired) electrons. The van der Waals surface area contributed by atoms with Gasteiger partial charge < -0.3 is 4.90 Å². The Morgan fingerprint density at radius 3 is 0.922 bits per heavy atom. The molecule has 0 saturated heterocycles. The lowest BCUT2D eigenvalue weighted by Gasteiger charge is -2.57. The Kier molecular flexibility index (Phi) is 7.01. The van der Waals surface area contributed by atoms with Gasteiger partial charge in [0.25, 0.3) is 0 Å². The van der Waals surface area contributed by atoms with Crippen molar-refractivity contribution >= 4 is 17.1 Å². The van der Waals surface area contributed by atoms with Crippen LogP contribution in [0, 0.1) is 35.5 Å². The highest BCUT2D eigenvalue weighted by Crippen LogP contribution is 2.62. The molecule has 256 valence electrons. The van der Waals surface area contributed by atoms with Crippen LogP contribution in [0.4, 0.5) is 17.1 Å². The van der Waals surface area contributed by atoms with Crippen LogP contribution in [-0.4, -0.2) is 0 Å². The van der Waals surface area contributed by atoms with Gasteiger partial charge in [0, 0.05) is 17.1 Å². The van der Waals surface area contributed by atoms with Crippen LogP contribution in [0.25, 0.3) is 22.3 Å². The average Bonchev–Trinajstić information content (AvgIpc) is 3.15. The van der Waals surface area contributed by atoms with Crippen LogP contribution in [-0.2, 0) is 10.8 Å². The van der Waals surface area contributed by atoms with Crippen LogP contribution >= 0.6 is 0 Å². The molecule has 5 aromatic rings. The largest absolute Gasteiger partial charge is 0.311 e. The van der Waals surface area contributed by atoms with E-state index in [2.05, 4.69) is 132 Å². The quantitative estimate of drug-likeness (QED) is 0.167. The first-order valence-corrected chi connectivity index (χ1v) is 20.3. The molecule has 1 nitrogen and oxygen atoms in total. The second-order valence-corrected chi connectivity index (χ2v) is 18.3. The summed E-state index contributed by atoms with van der Waals surface area (Å²) in [6.45, 7) is 0. The molecule has 5 aromatic carbocycles. The van der Waals surface area contributed by atoms with E-state index in [-0.39, 0.29) is 0 Å². The molecular formula is C50H51N. The molecule has 8 aliphatic carbocycles. The number of nitrogens with zero attached hydrogens (tertiary/aromatic N) is 1. The van der Waals surface area contributed by atoms with Crippen molar-refractivity contribution in [2.45, 2.75) is 87.9 Å². The monoisotopic (exact) mass is 665 g/mol. The van der Waals surface area contributed by atoms with E-state index in [4.69, 9.17) is 0 Å². The van der Waals surface area contributed by atoms with E-state index >= 15 is 0 Å². The third-order valence-electron chi connectivity index (χ3n) is 15.0. The maximum absolute atomic E-state index is 2.52. The van der Waals surface area contributed by atoms with Gasteiger partial charge in [-0.3, -0.25) is 0 Å². The molecular weight excluding hydrogens is 615 g/mol.